The largest absolute Gasteiger partial charge is 0.507 e. The van der Waals surface area contributed by atoms with Gasteiger partial charge in [0.1, 0.15) is 11.5 Å². The molecule has 3 aromatic carbocycles. The van der Waals surface area contributed by atoms with Crippen molar-refractivity contribution in [3.8, 4) is 11.5 Å². The molecule has 2 bridgehead atoms. The first kappa shape index (κ1) is 20.9. The lowest BCUT2D eigenvalue weighted by molar-refractivity contribution is -0.199. The molecular weight excluding hydrogens is 436 g/mol. The topological polar surface area (TPSA) is 113 Å². The molecule has 3 N–H and O–H groups in total. The third kappa shape index (κ3) is 1.91. The van der Waals surface area contributed by atoms with Crippen molar-refractivity contribution in [3.05, 3.63) is 82.9 Å². The highest BCUT2D eigenvalue weighted by Gasteiger charge is 2.83. The molecule has 7 nitrogen and oxygen atoms in total. The number of phenolic OH excluding ortho intramolecular Hbond substituents is 2. The van der Waals surface area contributed by atoms with E-state index in [2.05, 4.69) is 0 Å². The van der Waals surface area contributed by atoms with Crippen LogP contribution >= 0.6 is 0 Å². The number of phenols is 2. The Kier molecular flexibility index (Phi) is 3.72. The molecule has 172 valence electrons. The van der Waals surface area contributed by atoms with Gasteiger partial charge in [-0.15, -0.1) is 0 Å². The van der Waals surface area contributed by atoms with E-state index in [1.165, 1.54) is 12.1 Å². The molecule has 6 rings (SSSR count). The van der Waals surface area contributed by atoms with Gasteiger partial charge in [0.25, 0.3) is 0 Å². The molecule has 3 aromatic rings. The molecule has 0 aromatic heterocycles. The molecule has 0 saturated heterocycles. The Hall–Kier alpha value is -3.68. The predicted molar refractivity (Wildman–Crippen MR) is 122 cm³/mol. The third-order valence-electron chi connectivity index (χ3n) is 7.53. The number of hydrogen-bond donors (Lipinski definition) is 3. The van der Waals surface area contributed by atoms with E-state index >= 15 is 0 Å². The number of fused-ring (bicyclic) bond motifs is 6. The number of benzene rings is 3. The number of methoxy groups -OCH3 is 1. The Morgan fingerprint density at radius 2 is 1.50 bits per heavy atom. The molecule has 1 heterocycles. The normalized spacial score (nSPS) is 29.9. The number of aromatic hydroxyl groups is 2. The van der Waals surface area contributed by atoms with Gasteiger partial charge in [0.15, 0.2) is 22.4 Å². The van der Waals surface area contributed by atoms with Crippen LogP contribution < -0.4 is 0 Å². The smallest absolute Gasteiger partial charge is 0.327 e. The molecule has 3 aliphatic rings. The number of aliphatic hydroxyl groups is 1. The summed E-state index contributed by atoms with van der Waals surface area (Å²) in [6, 6.07) is 12.9. The summed E-state index contributed by atoms with van der Waals surface area (Å²) in [7, 11) is 1.14. The molecule has 0 amide bonds. The lowest BCUT2D eigenvalue weighted by Crippen LogP contribution is -2.69. The minimum Gasteiger partial charge on any atom is -0.507 e. The number of carbonyl (C=O) groups is 2. The maximum Gasteiger partial charge on any atom is 0.327 e. The standard InChI is InChI=1S/C27H22O7/c1-24(2)12-13-25(34-24)26(23(31)33-3)18-19(21(29)15-9-5-4-8-14(15)20(18)28)27(25,32)17-11-7-6-10-16(17)22(26)30/h4-13,28-29,32H,1-3H3/t25?,26-,27+/m0/s1. The summed E-state index contributed by atoms with van der Waals surface area (Å²) < 4.78 is 11.6. The molecule has 0 saturated carbocycles. The quantitative estimate of drug-likeness (QED) is 0.222. The van der Waals surface area contributed by atoms with Crippen molar-refractivity contribution in [1.82, 2.24) is 0 Å². The van der Waals surface area contributed by atoms with Gasteiger partial charge in [-0.2, -0.15) is 0 Å². The summed E-state index contributed by atoms with van der Waals surface area (Å²) in [6.45, 7) is 3.47. The SMILES string of the molecule is COC(=O)[C@@]12C(=O)c3ccccc3[C@@](O)(c3c1c(O)c1ccccc1c3O)C21C=CC(C)(C)O1. The van der Waals surface area contributed by atoms with Gasteiger partial charge in [0, 0.05) is 33.0 Å². The van der Waals surface area contributed by atoms with Gasteiger partial charge in [-0.3, -0.25) is 9.59 Å². The molecule has 1 aliphatic heterocycles. The summed E-state index contributed by atoms with van der Waals surface area (Å²) >= 11 is 0. The number of Topliss-reactive ketones (excluding diaryl/α,β-unsaturated/α-hetero) is 1. The number of esters is 1. The van der Waals surface area contributed by atoms with Gasteiger partial charge in [-0.1, -0.05) is 54.6 Å². The zero-order valence-corrected chi connectivity index (χ0v) is 18.7. The van der Waals surface area contributed by atoms with E-state index in [0.717, 1.165) is 7.11 Å². The van der Waals surface area contributed by atoms with Gasteiger partial charge in [-0.25, -0.2) is 0 Å². The van der Waals surface area contributed by atoms with Crippen LogP contribution in [0.2, 0.25) is 0 Å². The first-order valence-electron chi connectivity index (χ1n) is 10.9. The fourth-order valence-corrected chi connectivity index (χ4v) is 6.27. The fourth-order valence-electron chi connectivity index (χ4n) is 6.27. The van der Waals surface area contributed by atoms with Crippen molar-refractivity contribution in [2.75, 3.05) is 7.11 Å². The van der Waals surface area contributed by atoms with E-state index in [1.54, 1.807) is 62.4 Å². The van der Waals surface area contributed by atoms with Crippen molar-refractivity contribution in [1.29, 1.82) is 0 Å². The number of carbonyl (C=O) groups excluding carboxylic acids is 2. The van der Waals surface area contributed by atoms with Crippen LogP contribution in [0.15, 0.2) is 60.7 Å². The molecule has 7 heteroatoms. The van der Waals surface area contributed by atoms with Crippen molar-refractivity contribution < 1.29 is 34.4 Å². The molecule has 3 atom stereocenters. The highest BCUT2D eigenvalue weighted by Crippen LogP contribution is 2.71. The van der Waals surface area contributed by atoms with Crippen LogP contribution in [-0.4, -0.2) is 45.4 Å². The second-order valence-corrected chi connectivity index (χ2v) is 9.59. The Morgan fingerprint density at radius 1 is 0.912 bits per heavy atom. The van der Waals surface area contributed by atoms with E-state index in [0.29, 0.717) is 0 Å². The van der Waals surface area contributed by atoms with Gasteiger partial charge in [-0.05, 0) is 19.9 Å². The highest BCUT2D eigenvalue weighted by atomic mass is 16.6. The van der Waals surface area contributed by atoms with Crippen molar-refractivity contribution in [2.45, 2.75) is 36.1 Å². The fraction of sp³-hybridized carbons (Fsp3) is 0.259. The van der Waals surface area contributed by atoms with Gasteiger partial charge < -0.3 is 24.8 Å². The Bertz CT molecular complexity index is 1490. The summed E-state index contributed by atoms with van der Waals surface area (Å²) in [5, 5.41) is 36.3. The van der Waals surface area contributed by atoms with Gasteiger partial charge >= 0.3 is 5.97 Å². The molecule has 1 unspecified atom stereocenters. The second kappa shape index (κ2) is 6.05. The van der Waals surface area contributed by atoms with Crippen LogP contribution in [0.5, 0.6) is 11.5 Å². The van der Waals surface area contributed by atoms with E-state index in [9.17, 15) is 24.9 Å². The first-order valence-corrected chi connectivity index (χ1v) is 10.9. The van der Waals surface area contributed by atoms with Crippen molar-refractivity contribution in [2.24, 2.45) is 0 Å². The molecule has 1 spiro atoms. The van der Waals surface area contributed by atoms with E-state index in [-0.39, 0.29) is 38.8 Å². The maximum atomic E-state index is 14.4. The Balaban J connectivity index is 1.94. The van der Waals surface area contributed by atoms with Gasteiger partial charge in [0.05, 0.1) is 12.7 Å². The van der Waals surface area contributed by atoms with Crippen LogP contribution in [0, 0.1) is 0 Å². The van der Waals surface area contributed by atoms with E-state index in [4.69, 9.17) is 9.47 Å². The highest BCUT2D eigenvalue weighted by molar-refractivity contribution is 6.24. The van der Waals surface area contributed by atoms with Crippen LogP contribution in [0.25, 0.3) is 10.8 Å². The van der Waals surface area contributed by atoms with E-state index in [1.807, 2.05) is 0 Å². The first-order chi connectivity index (χ1) is 16.1. The van der Waals surface area contributed by atoms with Crippen molar-refractivity contribution >= 4 is 22.5 Å². The van der Waals surface area contributed by atoms with Crippen molar-refractivity contribution in [3.63, 3.8) is 0 Å². The Labute approximate surface area is 194 Å². The number of ether oxygens (including phenoxy) is 2. The average molecular weight is 458 g/mol. The summed E-state index contributed by atoms with van der Waals surface area (Å²) in [4.78, 5) is 28.1. The molecular formula is C27H22O7. The van der Waals surface area contributed by atoms with Crippen LogP contribution in [-0.2, 0) is 25.3 Å². The molecule has 2 aliphatic carbocycles. The Morgan fingerprint density at radius 3 is 2.09 bits per heavy atom. The second-order valence-electron chi connectivity index (χ2n) is 9.59. The minimum atomic E-state index is -2.31. The number of ketones is 1. The number of hydrogen-bond acceptors (Lipinski definition) is 7. The van der Waals surface area contributed by atoms with Gasteiger partial charge in [0.2, 0.25) is 0 Å². The molecule has 0 radical (unpaired) electrons. The monoisotopic (exact) mass is 458 g/mol. The number of rotatable bonds is 1. The predicted octanol–water partition coefficient (Wildman–Crippen LogP) is 3.21. The summed E-state index contributed by atoms with van der Waals surface area (Å²) in [6.07, 6.45) is 3.16. The molecule has 34 heavy (non-hydrogen) atoms. The van der Waals surface area contributed by atoms with Crippen LogP contribution in [0.3, 0.4) is 0 Å². The molecule has 0 fully saturated rings. The lowest BCUT2D eigenvalue weighted by Gasteiger charge is -2.51. The summed E-state index contributed by atoms with van der Waals surface area (Å²) in [5.74, 6) is -2.43. The zero-order valence-electron chi connectivity index (χ0n) is 18.7. The maximum absolute atomic E-state index is 14.4. The van der Waals surface area contributed by atoms with E-state index < -0.39 is 39.7 Å². The average Bonchev–Trinajstić information content (AvgIpc) is 3.24. The van der Waals surface area contributed by atoms with Crippen LogP contribution in [0.4, 0.5) is 0 Å². The van der Waals surface area contributed by atoms with Crippen LogP contribution in [0.1, 0.15) is 40.9 Å². The minimum absolute atomic E-state index is 0.0850. The lowest BCUT2D eigenvalue weighted by atomic mass is 9.57. The third-order valence-corrected chi connectivity index (χ3v) is 7.53. The summed E-state index contributed by atoms with van der Waals surface area (Å²) in [5.41, 5.74) is -7.60. The zero-order chi connectivity index (χ0) is 24.3.